The van der Waals surface area contributed by atoms with Crippen LogP contribution >= 0.6 is 34.8 Å². The van der Waals surface area contributed by atoms with Crippen molar-refractivity contribution in [3.63, 3.8) is 0 Å². The summed E-state index contributed by atoms with van der Waals surface area (Å²) in [6.45, 7) is 12.5. The highest BCUT2D eigenvalue weighted by Crippen LogP contribution is 2.36. The van der Waals surface area contributed by atoms with Gasteiger partial charge in [-0.05, 0) is 57.8 Å². The second kappa shape index (κ2) is 12.3. The number of Topliss-reactive ketones (excluding diaryl/α,β-unsaturated/α-hetero) is 1. The summed E-state index contributed by atoms with van der Waals surface area (Å²) >= 11 is 16.9. The van der Waals surface area contributed by atoms with Gasteiger partial charge in [-0.25, -0.2) is 4.79 Å². The molecule has 0 bridgehead atoms. The fourth-order valence-electron chi connectivity index (χ4n) is 3.81. The van der Waals surface area contributed by atoms with E-state index in [0.29, 0.717) is 12.8 Å². The van der Waals surface area contributed by atoms with E-state index >= 15 is 0 Å². The van der Waals surface area contributed by atoms with E-state index < -0.39 is 28.1 Å². The van der Waals surface area contributed by atoms with Gasteiger partial charge in [0.05, 0.1) is 11.3 Å². The van der Waals surface area contributed by atoms with E-state index in [2.05, 4.69) is 0 Å². The molecule has 0 spiro atoms. The van der Waals surface area contributed by atoms with Gasteiger partial charge in [0.15, 0.2) is 0 Å². The van der Waals surface area contributed by atoms with Crippen molar-refractivity contribution in [1.29, 1.82) is 0 Å². The molecule has 0 amide bonds. The quantitative estimate of drug-likeness (QED) is 0.223. The predicted octanol–water partition coefficient (Wildman–Crippen LogP) is 7.06. The van der Waals surface area contributed by atoms with E-state index in [-0.39, 0.29) is 35.1 Å². The first kappa shape index (κ1) is 30.3. The topological polar surface area (TPSA) is 78.9 Å². The maximum Gasteiger partial charge on any atom is 0.508 e. The lowest BCUT2D eigenvalue weighted by Gasteiger charge is -2.36. The average Bonchev–Trinajstić information content (AvgIpc) is 3.18. The van der Waals surface area contributed by atoms with Crippen LogP contribution in [0.1, 0.15) is 87.0 Å². The maximum atomic E-state index is 12.7. The minimum atomic E-state index is -1.76. The Hall–Kier alpha value is -0.720. The van der Waals surface area contributed by atoms with Crippen molar-refractivity contribution in [3.05, 3.63) is 0 Å². The SMILES string of the molecule is CC(=O)C(C)(C)[C@H](C[C@H](C)C[C@H](OC(=O)C1CCCC1)C(C)(C)C)OC(=O)OCC(Cl)(Cl)Cl. The molecule has 0 aliphatic heterocycles. The largest absolute Gasteiger partial charge is 0.508 e. The summed E-state index contributed by atoms with van der Waals surface area (Å²) in [5.74, 6) is -0.304. The third-order valence-electron chi connectivity index (χ3n) is 6.45. The van der Waals surface area contributed by atoms with Crippen molar-refractivity contribution >= 4 is 52.7 Å². The lowest BCUT2D eigenvalue weighted by atomic mass is 9.76. The van der Waals surface area contributed by atoms with Gasteiger partial charge in [0, 0.05) is 0 Å². The van der Waals surface area contributed by atoms with Crippen LogP contribution in [0.3, 0.4) is 0 Å². The molecule has 0 saturated heterocycles. The van der Waals surface area contributed by atoms with Crippen LogP contribution in [-0.4, -0.2) is 40.5 Å². The molecule has 192 valence electrons. The van der Waals surface area contributed by atoms with E-state index in [0.717, 1.165) is 25.7 Å². The van der Waals surface area contributed by atoms with Gasteiger partial charge in [0.2, 0.25) is 3.79 Å². The van der Waals surface area contributed by atoms with E-state index in [4.69, 9.17) is 49.0 Å². The fraction of sp³-hybridized carbons (Fsp3) is 0.875. The molecule has 0 radical (unpaired) electrons. The summed E-state index contributed by atoms with van der Waals surface area (Å²) in [4.78, 5) is 37.2. The highest BCUT2D eigenvalue weighted by Gasteiger charge is 2.40. The molecule has 1 saturated carbocycles. The van der Waals surface area contributed by atoms with Crippen molar-refractivity contribution in [2.75, 3.05) is 6.61 Å². The molecule has 3 atom stereocenters. The minimum Gasteiger partial charge on any atom is -0.462 e. The number of hydrogen-bond donors (Lipinski definition) is 0. The number of rotatable bonds is 10. The summed E-state index contributed by atoms with van der Waals surface area (Å²) in [5.41, 5.74) is -1.22. The van der Waals surface area contributed by atoms with Crippen LogP contribution in [0.15, 0.2) is 0 Å². The number of halogens is 3. The normalized spacial score (nSPS) is 18.4. The Morgan fingerprint density at radius 3 is 1.88 bits per heavy atom. The van der Waals surface area contributed by atoms with Gasteiger partial charge in [-0.3, -0.25) is 9.59 Å². The molecule has 1 rings (SSSR count). The molecule has 0 aromatic rings. The van der Waals surface area contributed by atoms with Crippen LogP contribution in [0.4, 0.5) is 4.79 Å². The van der Waals surface area contributed by atoms with Gasteiger partial charge in [-0.15, -0.1) is 0 Å². The van der Waals surface area contributed by atoms with Gasteiger partial charge in [-0.2, -0.15) is 0 Å². The van der Waals surface area contributed by atoms with Crippen LogP contribution in [-0.2, 0) is 23.8 Å². The highest BCUT2D eigenvalue weighted by molar-refractivity contribution is 6.67. The summed E-state index contributed by atoms with van der Waals surface area (Å²) in [6.07, 6.45) is 2.74. The summed E-state index contributed by atoms with van der Waals surface area (Å²) in [5, 5.41) is 0. The van der Waals surface area contributed by atoms with Gasteiger partial charge in [-0.1, -0.05) is 75.3 Å². The number of carbonyl (C=O) groups excluding carboxylic acids is 3. The Kier molecular flexibility index (Phi) is 11.3. The molecule has 6 nitrogen and oxygen atoms in total. The highest BCUT2D eigenvalue weighted by atomic mass is 35.6. The van der Waals surface area contributed by atoms with E-state index in [1.807, 2.05) is 27.7 Å². The summed E-state index contributed by atoms with van der Waals surface area (Å²) in [6, 6.07) is 0. The number of ether oxygens (including phenoxy) is 3. The van der Waals surface area contributed by atoms with Crippen molar-refractivity contribution in [1.82, 2.24) is 0 Å². The van der Waals surface area contributed by atoms with Crippen LogP contribution < -0.4 is 0 Å². The monoisotopic (exact) mass is 528 g/mol. The Bertz CT molecular complexity index is 675. The summed E-state index contributed by atoms with van der Waals surface area (Å²) in [7, 11) is 0. The molecule has 0 aromatic heterocycles. The average molecular weight is 530 g/mol. The van der Waals surface area contributed by atoms with Gasteiger partial charge >= 0.3 is 12.1 Å². The van der Waals surface area contributed by atoms with E-state index in [1.165, 1.54) is 6.92 Å². The molecule has 9 heteroatoms. The van der Waals surface area contributed by atoms with Crippen LogP contribution in [0, 0.1) is 22.7 Å². The first-order valence-electron chi connectivity index (χ1n) is 11.5. The van der Waals surface area contributed by atoms with E-state index in [9.17, 15) is 14.4 Å². The number of ketones is 1. The molecule has 0 unspecified atom stereocenters. The van der Waals surface area contributed by atoms with Crippen molar-refractivity contribution < 1.29 is 28.6 Å². The molecule has 1 aliphatic rings. The molecular weight excluding hydrogens is 491 g/mol. The fourth-order valence-corrected chi connectivity index (χ4v) is 3.97. The Morgan fingerprint density at radius 1 is 0.909 bits per heavy atom. The molecule has 1 fully saturated rings. The van der Waals surface area contributed by atoms with Crippen molar-refractivity contribution in [3.8, 4) is 0 Å². The zero-order valence-corrected chi connectivity index (χ0v) is 23.1. The van der Waals surface area contributed by atoms with E-state index in [1.54, 1.807) is 13.8 Å². The van der Waals surface area contributed by atoms with Crippen LogP contribution in [0.5, 0.6) is 0 Å². The van der Waals surface area contributed by atoms with Gasteiger partial charge < -0.3 is 14.2 Å². The molecule has 0 aromatic carbocycles. The standard InChI is InChI=1S/C24H39Cl3O6/c1-15(12-18(22(3,4)5)32-20(29)17-10-8-9-11-17)13-19(23(6,7)16(2)28)33-21(30)31-14-24(25,26)27/h15,17-19H,8-14H2,1-7H3/t15-,18+,19+/m1/s1. The van der Waals surface area contributed by atoms with Crippen LogP contribution in [0.2, 0.25) is 0 Å². The molecule has 0 heterocycles. The van der Waals surface area contributed by atoms with Gasteiger partial charge in [0.1, 0.15) is 24.6 Å². The maximum absolute atomic E-state index is 12.7. The van der Waals surface area contributed by atoms with Gasteiger partial charge in [0.25, 0.3) is 0 Å². The number of esters is 1. The second-order valence-electron chi connectivity index (χ2n) is 10.9. The Balaban J connectivity index is 2.89. The van der Waals surface area contributed by atoms with Crippen LogP contribution in [0.25, 0.3) is 0 Å². The third-order valence-corrected chi connectivity index (χ3v) is 6.78. The Labute approximate surface area is 213 Å². The molecular formula is C24H39Cl3O6. The first-order chi connectivity index (χ1) is 14.9. The predicted molar refractivity (Wildman–Crippen MR) is 131 cm³/mol. The lowest BCUT2D eigenvalue weighted by Crippen LogP contribution is -2.42. The Morgan fingerprint density at radius 2 is 1.42 bits per heavy atom. The lowest BCUT2D eigenvalue weighted by molar-refractivity contribution is -0.161. The zero-order chi connectivity index (χ0) is 25.6. The zero-order valence-electron chi connectivity index (χ0n) is 20.8. The number of carbonyl (C=O) groups is 3. The minimum absolute atomic E-state index is 0.0183. The van der Waals surface area contributed by atoms with Crippen molar-refractivity contribution in [2.24, 2.45) is 22.7 Å². The second-order valence-corrected chi connectivity index (χ2v) is 13.4. The number of alkyl halides is 3. The molecule has 1 aliphatic carbocycles. The smallest absolute Gasteiger partial charge is 0.462 e. The molecule has 0 N–H and O–H groups in total. The first-order valence-corrected chi connectivity index (χ1v) is 12.7. The molecule has 33 heavy (non-hydrogen) atoms. The van der Waals surface area contributed by atoms with Crippen molar-refractivity contribution in [2.45, 2.75) is 103 Å². The summed E-state index contributed by atoms with van der Waals surface area (Å²) < 4.78 is 14.6. The number of hydrogen-bond acceptors (Lipinski definition) is 6. The third kappa shape index (κ3) is 10.6.